The summed E-state index contributed by atoms with van der Waals surface area (Å²) in [5, 5.41) is 10.6. The standard InChI is InChI=1S/C70H136O17P2/c1-7-10-12-14-16-18-20-24-28-36-42-48-54-69(74)86-65(58-80-67(72)52-46-40-34-27-19-17-15-13-11-8-2)60-84-88(76,77)82-56-64(71)57-83-89(78,79)85-61-66(59-81-68(73)53-47-41-35-31-30-33-39-45-51-63(6)9-3)87-70(75)55-49-43-37-29-25-22-21-23-26-32-38-44-50-62(4)5/h62-66,71H,7-61H2,1-6H3,(H,76,77)(H,78,79)/t63?,64-,65+,66+/m0/s1. The first-order chi connectivity index (χ1) is 42.9. The van der Waals surface area contributed by atoms with E-state index in [9.17, 15) is 43.2 Å². The topological polar surface area (TPSA) is 237 Å². The molecule has 19 heteroatoms. The van der Waals surface area contributed by atoms with Gasteiger partial charge in [0.2, 0.25) is 0 Å². The van der Waals surface area contributed by atoms with Crippen LogP contribution in [0.15, 0.2) is 0 Å². The molecule has 0 radical (unpaired) electrons. The van der Waals surface area contributed by atoms with Crippen molar-refractivity contribution in [3.63, 3.8) is 0 Å². The van der Waals surface area contributed by atoms with E-state index < -0.39 is 97.5 Å². The molecule has 0 aromatic heterocycles. The molecular weight excluding hydrogens is 1170 g/mol. The maximum Gasteiger partial charge on any atom is 0.472 e. The number of aliphatic hydroxyl groups excluding tert-OH is 1. The Kier molecular flexibility index (Phi) is 60.8. The zero-order valence-electron chi connectivity index (χ0n) is 57.7. The highest BCUT2D eigenvalue weighted by molar-refractivity contribution is 7.47. The molecule has 0 saturated carbocycles. The van der Waals surface area contributed by atoms with Crippen LogP contribution in [0.2, 0.25) is 0 Å². The van der Waals surface area contributed by atoms with Crippen molar-refractivity contribution in [3.8, 4) is 0 Å². The van der Waals surface area contributed by atoms with Gasteiger partial charge in [0.15, 0.2) is 12.2 Å². The minimum absolute atomic E-state index is 0.106. The predicted molar refractivity (Wildman–Crippen MR) is 358 cm³/mol. The van der Waals surface area contributed by atoms with Gasteiger partial charge in [-0.05, 0) is 37.5 Å². The third-order valence-electron chi connectivity index (χ3n) is 16.6. The third kappa shape index (κ3) is 63.2. The van der Waals surface area contributed by atoms with Gasteiger partial charge in [-0.3, -0.25) is 37.3 Å². The van der Waals surface area contributed by atoms with E-state index in [1.807, 2.05) is 0 Å². The first kappa shape index (κ1) is 87.1. The van der Waals surface area contributed by atoms with Crippen molar-refractivity contribution < 1.29 is 80.2 Å². The average Bonchev–Trinajstić information content (AvgIpc) is 3.66. The summed E-state index contributed by atoms with van der Waals surface area (Å²) in [7, 11) is -9.90. The van der Waals surface area contributed by atoms with Crippen LogP contribution in [-0.4, -0.2) is 96.7 Å². The van der Waals surface area contributed by atoms with E-state index in [1.165, 1.54) is 173 Å². The van der Waals surface area contributed by atoms with E-state index in [2.05, 4.69) is 41.5 Å². The Bertz CT molecular complexity index is 1740. The van der Waals surface area contributed by atoms with E-state index >= 15 is 0 Å². The van der Waals surface area contributed by atoms with E-state index in [4.69, 9.17) is 37.0 Å². The van der Waals surface area contributed by atoms with E-state index in [0.717, 1.165) is 102 Å². The molecule has 0 bridgehead atoms. The summed E-state index contributed by atoms with van der Waals surface area (Å²) in [6.07, 6.45) is 47.0. The maximum absolute atomic E-state index is 13.0. The van der Waals surface area contributed by atoms with Crippen molar-refractivity contribution in [1.82, 2.24) is 0 Å². The van der Waals surface area contributed by atoms with Gasteiger partial charge in [0.25, 0.3) is 0 Å². The minimum atomic E-state index is -4.95. The maximum atomic E-state index is 13.0. The van der Waals surface area contributed by atoms with Crippen LogP contribution in [0.25, 0.3) is 0 Å². The van der Waals surface area contributed by atoms with Crippen LogP contribution < -0.4 is 0 Å². The van der Waals surface area contributed by atoms with Crippen molar-refractivity contribution in [2.75, 3.05) is 39.6 Å². The fourth-order valence-corrected chi connectivity index (χ4v) is 12.1. The molecule has 17 nitrogen and oxygen atoms in total. The molecule has 528 valence electrons. The Labute approximate surface area is 543 Å². The summed E-state index contributed by atoms with van der Waals surface area (Å²) in [4.78, 5) is 72.5. The van der Waals surface area contributed by atoms with Gasteiger partial charge in [0.05, 0.1) is 26.4 Å². The highest BCUT2D eigenvalue weighted by Crippen LogP contribution is 2.45. The summed E-state index contributed by atoms with van der Waals surface area (Å²) < 4.78 is 68.3. The SMILES string of the molecule is CCCCCCCCCCCCCCC(=O)O[C@H](COC(=O)CCCCCCCCCCCC)COP(=O)(O)OC[C@H](O)COP(=O)(O)OC[C@@H](COC(=O)CCCCCCCCCCC(C)CC)OC(=O)CCCCCCCCCCCCCCC(C)C. The number of ether oxygens (including phenoxy) is 4. The Morgan fingerprint density at radius 1 is 0.326 bits per heavy atom. The lowest BCUT2D eigenvalue weighted by Crippen LogP contribution is -2.30. The van der Waals surface area contributed by atoms with Gasteiger partial charge in [0, 0.05) is 25.7 Å². The molecule has 0 aliphatic heterocycles. The molecule has 0 heterocycles. The van der Waals surface area contributed by atoms with Crippen LogP contribution in [0.3, 0.4) is 0 Å². The lowest BCUT2D eigenvalue weighted by Gasteiger charge is -2.21. The van der Waals surface area contributed by atoms with E-state index in [-0.39, 0.29) is 25.7 Å². The second-order valence-electron chi connectivity index (χ2n) is 26.0. The molecule has 0 fully saturated rings. The first-order valence-corrected chi connectivity index (χ1v) is 39.5. The third-order valence-corrected chi connectivity index (χ3v) is 18.5. The molecule has 0 aliphatic carbocycles. The highest BCUT2D eigenvalue weighted by Gasteiger charge is 2.30. The summed E-state index contributed by atoms with van der Waals surface area (Å²) in [5.41, 5.74) is 0. The zero-order valence-corrected chi connectivity index (χ0v) is 59.5. The molecule has 0 spiro atoms. The number of unbranched alkanes of at least 4 members (excludes halogenated alkanes) is 38. The second-order valence-corrected chi connectivity index (χ2v) is 28.9. The molecule has 0 rings (SSSR count). The van der Waals surface area contributed by atoms with Crippen molar-refractivity contribution in [2.45, 2.75) is 374 Å². The fourth-order valence-electron chi connectivity index (χ4n) is 10.6. The lowest BCUT2D eigenvalue weighted by atomic mass is 9.99. The van der Waals surface area contributed by atoms with Crippen LogP contribution in [-0.2, 0) is 65.4 Å². The van der Waals surface area contributed by atoms with Gasteiger partial charge in [-0.15, -0.1) is 0 Å². The fraction of sp³-hybridized carbons (Fsp3) is 0.943. The Morgan fingerprint density at radius 2 is 0.573 bits per heavy atom. The van der Waals surface area contributed by atoms with E-state index in [1.54, 1.807) is 0 Å². The number of phosphoric ester groups is 2. The zero-order chi connectivity index (χ0) is 65.7. The normalized spacial score (nSPS) is 14.4. The summed E-state index contributed by atoms with van der Waals surface area (Å²) in [5.74, 6) is -0.569. The molecule has 3 N–H and O–H groups in total. The average molecular weight is 1310 g/mol. The number of phosphoric acid groups is 2. The number of rotatable bonds is 69. The number of hydrogen-bond acceptors (Lipinski definition) is 15. The Hall–Kier alpha value is -1.94. The van der Waals surface area contributed by atoms with Crippen LogP contribution in [0.4, 0.5) is 0 Å². The van der Waals surface area contributed by atoms with Gasteiger partial charge in [0.1, 0.15) is 19.3 Å². The first-order valence-electron chi connectivity index (χ1n) is 36.5. The largest absolute Gasteiger partial charge is 0.472 e. The van der Waals surface area contributed by atoms with Crippen molar-refractivity contribution >= 4 is 39.5 Å². The summed E-state index contributed by atoms with van der Waals surface area (Å²) in [6.45, 7) is 9.55. The van der Waals surface area contributed by atoms with E-state index in [0.29, 0.717) is 25.7 Å². The monoisotopic (exact) mass is 1310 g/mol. The predicted octanol–water partition coefficient (Wildman–Crippen LogP) is 20.0. The smallest absolute Gasteiger partial charge is 0.462 e. The summed E-state index contributed by atoms with van der Waals surface area (Å²) >= 11 is 0. The Balaban J connectivity index is 5.25. The highest BCUT2D eigenvalue weighted by atomic mass is 31.2. The van der Waals surface area contributed by atoms with Crippen LogP contribution in [0.1, 0.15) is 356 Å². The number of carbonyl (C=O) groups excluding carboxylic acids is 4. The van der Waals surface area contributed by atoms with Gasteiger partial charge in [-0.1, -0.05) is 305 Å². The van der Waals surface area contributed by atoms with Crippen LogP contribution in [0.5, 0.6) is 0 Å². The van der Waals surface area contributed by atoms with Crippen molar-refractivity contribution in [3.05, 3.63) is 0 Å². The number of carbonyl (C=O) groups is 4. The minimum Gasteiger partial charge on any atom is -0.462 e. The molecular formula is C70H136O17P2. The molecule has 89 heavy (non-hydrogen) atoms. The van der Waals surface area contributed by atoms with Gasteiger partial charge >= 0.3 is 39.5 Å². The molecule has 0 aromatic rings. The van der Waals surface area contributed by atoms with Crippen molar-refractivity contribution in [2.24, 2.45) is 11.8 Å². The number of aliphatic hydroxyl groups is 1. The quantitative estimate of drug-likeness (QED) is 0.0222. The van der Waals surface area contributed by atoms with Gasteiger partial charge in [-0.2, -0.15) is 0 Å². The van der Waals surface area contributed by atoms with Crippen LogP contribution in [0, 0.1) is 11.8 Å². The lowest BCUT2D eigenvalue weighted by molar-refractivity contribution is -0.161. The second kappa shape index (κ2) is 62.2. The number of esters is 4. The molecule has 6 atom stereocenters. The summed E-state index contributed by atoms with van der Waals surface area (Å²) in [6, 6.07) is 0. The van der Waals surface area contributed by atoms with Crippen LogP contribution >= 0.6 is 15.6 Å². The molecule has 0 aliphatic rings. The Morgan fingerprint density at radius 3 is 0.854 bits per heavy atom. The molecule has 0 aromatic carbocycles. The molecule has 3 unspecified atom stereocenters. The molecule has 0 amide bonds. The van der Waals surface area contributed by atoms with Gasteiger partial charge < -0.3 is 33.8 Å². The number of hydrogen-bond donors (Lipinski definition) is 3. The van der Waals surface area contributed by atoms with Crippen molar-refractivity contribution in [1.29, 1.82) is 0 Å². The van der Waals surface area contributed by atoms with Gasteiger partial charge in [-0.25, -0.2) is 9.13 Å². The molecule has 0 saturated heterocycles.